The van der Waals surface area contributed by atoms with Gasteiger partial charge in [0, 0.05) is 37.0 Å². The summed E-state index contributed by atoms with van der Waals surface area (Å²) in [4.78, 5) is 13.4. The number of carbonyl (C=O) groups excluding carboxylic acids is 1. The molecule has 34 heavy (non-hydrogen) atoms. The van der Waals surface area contributed by atoms with Crippen molar-refractivity contribution in [3.8, 4) is 0 Å². The number of rotatable bonds is 11. The Morgan fingerprint density at radius 2 is 1.91 bits per heavy atom. The Morgan fingerprint density at radius 1 is 1.18 bits per heavy atom. The summed E-state index contributed by atoms with van der Waals surface area (Å²) in [5, 5.41) is 13.3. The highest BCUT2D eigenvalue weighted by Crippen LogP contribution is 2.34. The number of likely N-dealkylation sites (N-methyl/N-ethyl adjacent to an activating group) is 1. The van der Waals surface area contributed by atoms with Gasteiger partial charge in [0.05, 0.1) is 6.20 Å². The number of benzene rings is 1. The summed E-state index contributed by atoms with van der Waals surface area (Å²) < 4.78 is 0. The minimum Gasteiger partial charge on any atom is -0.388 e. The first-order valence-corrected chi connectivity index (χ1v) is 12.2. The average molecular weight is 459 g/mol. The molecule has 1 aromatic carbocycles. The number of nitrogens with one attached hydrogen (secondary N) is 3. The molecule has 0 saturated heterocycles. The van der Waals surface area contributed by atoms with Crippen LogP contribution in [0.25, 0.3) is 0 Å². The van der Waals surface area contributed by atoms with Crippen molar-refractivity contribution in [3.63, 3.8) is 0 Å². The van der Waals surface area contributed by atoms with Gasteiger partial charge in [-0.25, -0.2) is 0 Å². The molecule has 3 N–H and O–H groups in total. The lowest BCUT2D eigenvalue weighted by Crippen LogP contribution is -2.27. The summed E-state index contributed by atoms with van der Waals surface area (Å²) in [6.45, 7) is 9.20. The molecule has 1 saturated carbocycles. The van der Waals surface area contributed by atoms with Crippen LogP contribution in [0.4, 0.5) is 0 Å². The van der Waals surface area contributed by atoms with Crippen LogP contribution in [0.3, 0.4) is 0 Å². The maximum atomic E-state index is 13.4. The van der Waals surface area contributed by atoms with Gasteiger partial charge in [0.2, 0.25) is 0 Å². The number of amides is 1. The van der Waals surface area contributed by atoms with Crippen molar-refractivity contribution in [3.05, 3.63) is 99.6 Å². The van der Waals surface area contributed by atoms with Crippen LogP contribution in [0.1, 0.15) is 64.0 Å². The molecule has 0 radical (unpaired) electrons. The fourth-order valence-electron chi connectivity index (χ4n) is 4.19. The molecule has 1 fully saturated rings. The van der Waals surface area contributed by atoms with Crippen LogP contribution in [0.15, 0.2) is 88.4 Å². The Hall–Kier alpha value is -3.34. The van der Waals surface area contributed by atoms with Crippen molar-refractivity contribution in [1.82, 2.24) is 20.8 Å². The summed E-state index contributed by atoms with van der Waals surface area (Å²) in [7, 11) is 1.95. The van der Waals surface area contributed by atoms with Crippen LogP contribution in [0.2, 0.25) is 0 Å². The van der Waals surface area contributed by atoms with E-state index in [1.165, 1.54) is 22.3 Å². The van der Waals surface area contributed by atoms with E-state index in [2.05, 4.69) is 78.9 Å². The van der Waals surface area contributed by atoms with Crippen molar-refractivity contribution >= 4 is 5.91 Å². The molecule has 1 amide bonds. The molecule has 0 bridgehead atoms. The van der Waals surface area contributed by atoms with E-state index in [0.29, 0.717) is 12.1 Å². The second-order valence-electron chi connectivity index (χ2n) is 8.99. The van der Waals surface area contributed by atoms with E-state index in [0.717, 1.165) is 42.5 Å². The molecule has 5 nitrogen and oxygen atoms in total. The number of aromatic amines is 1. The van der Waals surface area contributed by atoms with Crippen LogP contribution in [0, 0.1) is 0 Å². The number of aromatic nitrogens is 2. The molecule has 1 atom stereocenters. The summed E-state index contributed by atoms with van der Waals surface area (Å²) in [5.41, 5.74) is 9.17. The summed E-state index contributed by atoms with van der Waals surface area (Å²) >= 11 is 0. The van der Waals surface area contributed by atoms with Gasteiger partial charge in [-0.05, 0) is 79.5 Å². The molecule has 1 unspecified atom stereocenters. The number of nitrogens with zero attached hydrogens (tertiary/aromatic N) is 1. The Labute approximate surface area is 204 Å². The van der Waals surface area contributed by atoms with Gasteiger partial charge in [0.15, 0.2) is 0 Å². The molecule has 1 aliphatic carbocycles. The number of H-pyrrole nitrogens is 1. The Balaban J connectivity index is 1.95. The van der Waals surface area contributed by atoms with Crippen LogP contribution in [-0.4, -0.2) is 29.7 Å². The van der Waals surface area contributed by atoms with Gasteiger partial charge in [-0.15, -0.1) is 0 Å². The summed E-state index contributed by atoms with van der Waals surface area (Å²) in [5.74, 6) is 0.134. The Bertz CT molecular complexity index is 1080. The van der Waals surface area contributed by atoms with E-state index in [-0.39, 0.29) is 11.8 Å². The standard InChI is InChI=1S/C29H38N4O/c1-6-20(2)27(22(4)24-10-8-7-9-11-24)17-26(16-21(3)28(30-5)25-12-13-25)29(34)31-15-14-23-18-32-33-19-23/h7-11,16-19,22,30H,6,12-15H2,1-5H3,(H,31,34)(H,32,33)/b21-16+,26-17+,27-20-. The normalized spacial score (nSPS) is 15.5. The molecule has 0 spiro atoms. The number of carbonyl (C=O) groups is 1. The molecule has 1 aliphatic rings. The van der Waals surface area contributed by atoms with Crippen LogP contribution in [0.5, 0.6) is 0 Å². The van der Waals surface area contributed by atoms with Crippen LogP contribution in [-0.2, 0) is 11.2 Å². The SMILES string of the molecule is CC/C(C)=C(/C=C(\C=C(/C)C(NC)=C1CC1)C(=O)NCCc1cn[nH]c1)C(C)c1ccccc1. The number of allylic oxidation sites excluding steroid dienone is 5. The minimum absolute atomic E-state index is 0.0549. The minimum atomic E-state index is -0.0549. The van der Waals surface area contributed by atoms with Crippen LogP contribution < -0.4 is 10.6 Å². The molecule has 5 heteroatoms. The summed E-state index contributed by atoms with van der Waals surface area (Å²) in [6.07, 6.45) is 11.7. The van der Waals surface area contributed by atoms with Gasteiger partial charge >= 0.3 is 0 Å². The fourth-order valence-corrected chi connectivity index (χ4v) is 4.19. The average Bonchev–Trinajstić information content (AvgIpc) is 3.55. The molecule has 3 rings (SSSR count). The maximum Gasteiger partial charge on any atom is 0.251 e. The molecular formula is C29H38N4O. The van der Waals surface area contributed by atoms with E-state index >= 15 is 0 Å². The van der Waals surface area contributed by atoms with Crippen molar-refractivity contribution in [1.29, 1.82) is 0 Å². The van der Waals surface area contributed by atoms with Gasteiger partial charge in [-0.2, -0.15) is 5.10 Å². The fraction of sp³-hybridized carbons (Fsp3) is 0.379. The van der Waals surface area contributed by atoms with Crippen molar-refractivity contribution in [2.75, 3.05) is 13.6 Å². The van der Waals surface area contributed by atoms with Gasteiger partial charge in [-0.3, -0.25) is 9.89 Å². The molecule has 1 heterocycles. The maximum absolute atomic E-state index is 13.4. The Kier molecular flexibility index (Phi) is 9.08. The van der Waals surface area contributed by atoms with E-state index in [1.54, 1.807) is 6.20 Å². The third kappa shape index (κ3) is 6.83. The first kappa shape index (κ1) is 25.3. The second-order valence-corrected chi connectivity index (χ2v) is 8.99. The van der Waals surface area contributed by atoms with E-state index in [1.807, 2.05) is 25.4 Å². The predicted molar refractivity (Wildman–Crippen MR) is 140 cm³/mol. The zero-order valence-corrected chi connectivity index (χ0v) is 21.2. The zero-order valence-electron chi connectivity index (χ0n) is 21.2. The molecule has 2 aromatic rings. The van der Waals surface area contributed by atoms with Gasteiger partial charge < -0.3 is 10.6 Å². The number of hydrogen-bond acceptors (Lipinski definition) is 3. The smallest absolute Gasteiger partial charge is 0.251 e. The highest BCUT2D eigenvalue weighted by Gasteiger charge is 2.20. The topological polar surface area (TPSA) is 69.8 Å². The molecule has 0 aliphatic heterocycles. The first-order valence-electron chi connectivity index (χ1n) is 12.2. The van der Waals surface area contributed by atoms with Gasteiger partial charge in [-0.1, -0.05) is 49.8 Å². The lowest BCUT2D eigenvalue weighted by molar-refractivity contribution is -0.117. The first-order chi connectivity index (χ1) is 16.4. The lowest BCUT2D eigenvalue weighted by Gasteiger charge is -2.18. The van der Waals surface area contributed by atoms with Crippen molar-refractivity contribution in [2.24, 2.45) is 0 Å². The van der Waals surface area contributed by atoms with E-state index in [9.17, 15) is 4.79 Å². The highest BCUT2D eigenvalue weighted by molar-refractivity contribution is 5.97. The lowest BCUT2D eigenvalue weighted by atomic mass is 9.87. The third-order valence-corrected chi connectivity index (χ3v) is 6.49. The predicted octanol–water partition coefficient (Wildman–Crippen LogP) is 5.74. The van der Waals surface area contributed by atoms with Gasteiger partial charge in [0.1, 0.15) is 0 Å². The highest BCUT2D eigenvalue weighted by atomic mass is 16.1. The molecule has 180 valence electrons. The van der Waals surface area contributed by atoms with Crippen molar-refractivity contribution in [2.45, 2.75) is 59.3 Å². The molecular weight excluding hydrogens is 420 g/mol. The zero-order chi connectivity index (χ0) is 24.5. The second kappa shape index (κ2) is 12.2. The van der Waals surface area contributed by atoms with E-state index in [4.69, 9.17) is 0 Å². The Morgan fingerprint density at radius 3 is 2.50 bits per heavy atom. The summed E-state index contributed by atoms with van der Waals surface area (Å²) in [6, 6.07) is 10.5. The van der Waals surface area contributed by atoms with E-state index < -0.39 is 0 Å². The number of hydrogen-bond donors (Lipinski definition) is 3. The largest absolute Gasteiger partial charge is 0.388 e. The monoisotopic (exact) mass is 458 g/mol. The van der Waals surface area contributed by atoms with Crippen LogP contribution >= 0.6 is 0 Å². The molecule has 1 aromatic heterocycles. The third-order valence-electron chi connectivity index (χ3n) is 6.49. The van der Waals surface area contributed by atoms with Crippen molar-refractivity contribution < 1.29 is 4.79 Å². The quantitative estimate of drug-likeness (QED) is 0.297. The van der Waals surface area contributed by atoms with Gasteiger partial charge in [0.25, 0.3) is 5.91 Å².